The molecule has 0 fully saturated rings. The molecule has 1 unspecified atom stereocenters. The molecule has 0 aromatic rings. The monoisotopic (exact) mass is 208 g/mol. The number of hydrogen-bond donors (Lipinski definition) is 0. The average molecular weight is 208 g/mol. The van der Waals surface area contributed by atoms with Gasteiger partial charge in [-0.25, -0.2) is 0 Å². The molecule has 0 aromatic heterocycles. The lowest BCUT2D eigenvalue weighted by Gasteiger charge is -2.11. The summed E-state index contributed by atoms with van der Waals surface area (Å²) in [5, 5.41) is 0. The van der Waals surface area contributed by atoms with Gasteiger partial charge in [-0.05, 0) is 44.9 Å². The van der Waals surface area contributed by atoms with Gasteiger partial charge in [0.15, 0.2) is 0 Å². The highest BCUT2D eigenvalue weighted by atomic mass is 14.1. The molecule has 0 heterocycles. The molecule has 0 aromatic carbocycles. The molecule has 88 valence electrons. The lowest BCUT2D eigenvalue weighted by atomic mass is 9.95. The SMILES string of the molecule is C=C(C)CCCC(C)CCCC(=C)CC. The average Bonchev–Trinajstić information content (AvgIpc) is 2.17. The zero-order chi connectivity index (χ0) is 11.7. The van der Waals surface area contributed by atoms with E-state index in [1.165, 1.54) is 49.7 Å². The third kappa shape index (κ3) is 9.78. The van der Waals surface area contributed by atoms with Crippen molar-refractivity contribution >= 4 is 0 Å². The quantitative estimate of drug-likeness (QED) is 0.438. The molecular weight excluding hydrogens is 180 g/mol. The van der Waals surface area contributed by atoms with E-state index in [-0.39, 0.29) is 0 Å². The first-order valence-corrected chi connectivity index (χ1v) is 6.37. The Labute approximate surface area is 96.5 Å². The molecular formula is C15H28. The molecule has 0 bridgehead atoms. The van der Waals surface area contributed by atoms with Gasteiger partial charge in [0.05, 0.1) is 0 Å². The zero-order valence-corrected chi connectivity index (χ0v) is 10.9. The van der Waals surface area contributed by atoms with Gasteiger partial charge in [0, 0.05) is 0 Å². The van der Waals surface area contributed by atoms with Crippen LogP contribution in [0.2, 0.25) is 0 Å². The Morgan fingerprint density at radius 2 is 1.60 bits per heavy atom. The molecule has 0 saturated heterocycles. The van der Waals surface area contributed by atoms with Crippen LogP contribution in [0.1, 0.15) is 65.7 Å². The van der Waals surface area contributed by atoms with Gasteiger partial charge in [0.25, 0.3) is 0 Å². The second kappa shape index (κ2) is 8.76. The number of allylic oxidation sites excluding steroid dienone is 2. The van der Waals surface area contributed by atoms with Gasteiger partial charge in [0.2, 0.25) is 0 Å². The molecule has 0 amide bonds. The molecule has 0 aliphatic heterocycles. The fourth-order valence-corrected chi connectivity index (χ4v) is 1.77. The topological polar surface area (TPSA) is 0 Å². The van der Waals surface area contributed by atoms with Crippen molar-refractivity contribution in [2.24, 2.45) is 5.92 Å². The molecule has 0 spiro atoms. The molecule has 0 aliphatic carbocycles. The van der Waals surface area contributed by atoms with Crippen LogP contribution in [-0.2, 0) is 0 Å². The summed E-state index contributed by atoms with van der Waals surface area (Å²) in [5.74, 6) is 0.869. The standard InChI is InChI=1S/C15H28/c1-6-14(4)10-8-12-15(5)11-7-9-13(2)3/h15H,2,4,6-12H2,1,3,5H3. The third-order valence-corrected chi connectivity index (χ3v) is 3.03. The third-order valence-electron chi connectivity index (χ3n) is 3.03. The normalized spacial score (nSPS) is 12.5. The van der Waals surface area contributed by atoms with E-state index < -0.39 is 0 Å². The van der Waals surface area contributed by atoms with Crippen LogP contribution < -0.4 is 0 Å². The Hall–Kier alpha value is -0.520. The summed E-state index contributed by atoms with van der Waals surface area (Å²) in [7, 11) is 0. The van der Waals surface area contributed by atoms with Gasteiger partial charge in [-0.3, -0.25) is 0 Å². The maximum Gasteiger partial charge on any atom is -0.0323 e. The second-order valence-corrected chi connectivity index (χ2v) is 4.95. The van der Waals surface area contributed by atoms with Gasteiger partial charge in [-0.2, -0.15) is 0 Å². The fraction of sp³-hybridized carbons (Fsp3) is 0.733. The van der Waals surface area contributed by atoms with Crippen LogP contribution in [0.3, 0.4) is 0 Å². The van der Waals surface area contributed by atoms with Gasteiger partial charge < -0.3 is 0 Å². The van der Waals surface area contributed by atoms with Crippen LogP contribution in [-0.4, -0.2) is 0 Å². The Kier molecular flexibility index (Phi) is 8.46. The summed E-state index contributed by atoms with van der Waals surface area (Å²) >= 11 is 0. The van der Waals surface area contributed by atoms with E-state index in [0.29, 0.717) is 0 Å². The summed E-state index contributed by atoms with van der Waals surface area (Å²) in [6.07, 6.45) is 8.91. The van der Waals surface area contributed by atoms with E-state index in [1.807, 2.05) is 0 Å². The van der Waals surface area contributed by atoms with Crippen LogP contribution >= 0.6 is 0 Å². The second-order valence-electron chi connectivity index (χ2n) is 4.95. The molecule has 0 saturated carbocycles. The minimum Gasteiger partial charge on any atom is -0.100 e. The number of hydrogen-bond acceptors (Lipinski definition) is 0. The number of rotatable bonds is 9. The van der Waals surface area contributed by atoms with Gasteiger partial charge in [0.1, 0.15) is 0 Å². The lowest BCUT2D eigenvalue weighted by molar-refractivity contribution is 0.458. The maximum atomic E-state index is 4.04. The molecule has 0 aliphatic rings. The zero-order valence-electron chi connectivity index (χ0n) is 10.9. The predicted octanol–water partition coefficient (Wildman–Crippen LogP) is 5.51. The largest absolute Gasteiger partial charge is 0.100 e. The summed E-state index contributed by atoms with van der Waals surface area (Å²) in [6, 6.07) is 0. The smallest absolute Gasteiger partial charge is 0.0323 e. The van der Waals surface area contributed by atoms with Gasteiger partial charge in [-0.1, -0.05) is 44.4 Å². The van der Waals surface area contributed by atoms with E-state index in [4.69, 9.17) is 0 Å². The van der Waals surface area contributed by atoms with Crippen molar-refractivity contribution in [2.75, 3.05) is 0 Å². The predicted molar refractivity (Wildman–Crippen MR) is 71.1 cm³/mol. The fourth-order valence-electron chi connectivity index (χ4n) is 1.77. The van der Waals surface area contributed by atoms with Crippen molar-refractivity contribution < 1.29 is 0 Å². The van der Waals surface area contributed by atoms with Crippen molar-refractivity contribution in [1.29, 1.82) is 0 Å². The molecule has 1 atom stereocenters. The van der Waals surface area contributed by atoms with Gasteiger partial charge >= 0.3 is 0 Å². The van der Waals surface area contributed by atoms with Crippen LogP contribution in [0.4, 0.5) is 0 Å². The molecule has 0 heteroatoms. The highest BCUT2D eigenvalue weighted by Gasteiger charge is 2.02. The highest BCUT2D eigenvalue weighted by Crippen LogP contribution is 2.18. The Morgan fingerprint density at radius 3 is 2.07 bits per heavy atom. The van der Waals surface area contributed by atoms with E-state index >= 15 is 0 Å². The van der Waals surface area contributed by atoms with Crippen molar-refractivity contribution in [3.63, 3.8) is 0 Å². The van der Waals surface area contributed by atoms with E-state index in [2.05, 4.69) is 33.9 Å². The Bertz CT molecular complexity index is 188. The van der Waals surface area contributed by atoms with Gasteiger partial charge in [-0.15, -0.1) is 6.58 Å². The molecule has 0 nitrogen and oxygen atoms in total. The van der Waals surface area contributed by atoms with Crippen molar-refractivity contribution in [2.45, 2.75) is 65.7 Å². The summed E-state index contributed by atoms with van der Waals surface area (Å²) in [5.41, 5.74) is 2.73. The summed E-state index contributed by atoms with van der Waals surface area (Å²) in [4.78, 5) is 0. The van der Waals surface area contributed by atoms with Crippen LogP contribution in [0.15, 0.2) is 24.3 Å². The minimum absolute atomic E-state index is 0.869. The van der Waals surface area contributed by atoms with Crippen LogP contribution in [0.25, 0.3) is 0 Å². The van der Waals surface area contributed by atoms with Crippen molar-refractivity contribution in [3.8, 4) is 0 Å². The lowest BCUT2D eigenvalue weighted by Crippen LogP contribution is -1.95. The molecule has 0 radical (unpaired) electrons. The summed E-state index contributed by atoms with van der Waals surface area (Å²) < 4.78 is 0. The van der Waals surface area contributed by atoms with Crippen LogP contribution in [0, 0.1) is 5.92 Å². The summed E-state index contributed by atoms with van der Waals surface area (Å²) in [6.45, 7) is 14.7. The first-order chi connectivity index (χ1) is 7.06. The van der Waals surface area contributed by atoms with E-state index in [9.17, 15) is 0 Å². The van der Waals surface area contributed by atoms with Crippen molar-refractivity contribution in [3.05, 3.63) is 24.3 Å². The molecule has 15 heavy (non-hydrogen) atoms. The highest BCUT2D eigenvalue weighted by molar-refractivity contribution is 4.92. The first-order valence-electron chi connectivity index (χ1n) is 6.37. The maximum absolute atomic E-state index is 4.04. The van der Waals surface area contributed by atoms with E-state index in [1.54, 1.807) is 0 Å². The molecule has 0 N–H and O–H groups in total. The Morgan fingerprint density at radius 1 is 1.07 bits per heavy atom. The van der Waals surface area contributed by atoms with E-state index in [0.717, 1.165) is 12.3 Å². The van der Waals surface area contributed by atoms with Crippen LogP contribution in [0.5, 0.6) is 0 Å². The molecule has 0 rings (SSSR count). The first kappa shape index (κ1) is 14.5. The minimum atomic E-state index is 0.869. The van der Waals surface area contributed by atoms with Crippen molar-refractivity contribution in [1.82, 2.24) is 0 Å². The Balaban J connectivity index is 3.37.